The van der Waals surface area contributed by atoms with Gasteiger partial charge in [0.2, 0.25) is 0 Å². The number of hydrogen-bond donors (Lipinski definition) is 0. The number of ether oxygens (including phenoxy) is 1. The SMILES string of the molecule is CC(C)C1CC(c2ccccc2)(c2ccccc2)CO1. The highest BCUT2D eigenvalue weighted by Gasteiger charge is 2.43. The maximum atomic E-state index is 6.14. The number of benzene rings is 2. The lowest BCUT2D eigenvalue weighted by molar-refractivity contribution is 0.0727. The molecule has 0 spiro atoms. The largest absolute Gasteiger partial charge is 0.377 e. The van der Waals surface area contributed by atoms with Crippen molar-refractivity contribution in [3.63, 3.8) is 0 Å². The molecule has 1 unspecified atom stereocenters. The summed E-state index contributed by atoms with van der Waals surface area (Å²) in [6, 6.07) is 21.6. The summed E-state index contributed by atoms with van der Waals surface area (Å²) < 4.78 is 6.14. The first-order chi connectivity index (χ1) is 9.72. The summed E-state index contributed by atoms with van der Waals surface area (Å²) in [5.41, 5.74) is 2.75. The Morgan fingerprint density at radius 2 is 1.40 bits per heavy atom. The molecule has 0 bridgehead atoms. The third-order valence-electron chi connectivity index (χ3n) is 4.49. The second kappa shape index (κ2) is 5.41. The predicted octanol–water partition coefficient (Wildman–Crippen LogP) is 4.42. The Kier molecular flexibility index (Phi) is 3.62. The maximum Gasteiger partial charge on any atom is 0.0611 e. The molecule has 1 heteroatoms. The van der Waals surface area contributed by atoms with Gasteiger partial charge in [-0.15, -0.1) is 0 Å². The van der Waals surface area contributed by atoms with Crippen LogP contribution < -0.4 is 0 Å². The van der Waals surface area contributed by atoms with Gasteiger partial charge in [-0.1, -0.05) is 74.5 Å². The van der Waals surface area contributed by atoms with Crippen LogP contribution in [0.15, 0.2) is 60.7 Å². The fourth-order valence-electron chi connectivity index (χ4n) is 3.22. The van der Waals surface area contributed by atoms with E-state index in [-0.39, 0.29) is 5.41 Å². The van der Waals surface area contributed by atoms with Crippen molar-refractivity contribution in [3.8, 4) is 0 Å². The Labute approximate surface area is 121 Å². The van der Waals surface area contributed by atoms with Crippen molar-refractivity contribution in [1.82, 2.24) is 0 Å². The quantitative estimate of drug-likeness (QED) is 0.799. The van der Waals surface area contributed by atoms with Crippen LogP contribution in [0.5, 0.6) is 0 Å². The third-order valence-corrected chi connectivity index (χ3v) is 4.49. The van der Waals surface area contributed by atoms with Gasteiger partial charge in [0.15, 0.2) is 0 Å². The molecule has 1 heterocycles. The number of hydrogen-bond acceptors (Lipinski definition) is 1. The molecule has 1 fully saturated rings. The van der Waals surface area contributed by atoms with Crippen LogP contribution in [0.25, 0.3) is 0 Å². The first kappa shape index (κ1) is 13.4. The molecule has 0 aromatic heterocycles. The van der Waals surface area contributed by atoms with E-state index in [1.165, 1.54) is 11.1 Å². The summed E-state index contributed by atoms with van der Waals surface area (Å²) in [5, 5.41) is 0. The van der Waals surface area contributed by atoms with E-state index in [0.29, 0.717) is 12.0 Å². The van der Waals surface area contributed by atoms with Crippen LogP contribution in [-0.4, -0.2) is 12.7 Å². The van der Waals surface area contributed by atoms with E-state index in [9.17, 15) is 0 Å². The lowest BCUT2D eigenvalue weighted by Crippen LogP contribution is -2.28. The fraction of sp³-hybridized carbons (Fsp3) is 0.368. The van der Waals surface area contributed by atoms with Crippen molar-refractivity contribution in [2.75, 3.05) is 6.61 Å². The van der Waals surface area contributed by atoms with Crippen LogP contribution in [0, 0.1) is 5.92 Å². The molecule has 20 heavy (non-hydrogen) atoms. The highest BCUT2D eigenvalue weighted by Crippen LogP contribution is 2.43. The van der Waals surface area contributed by atoms with Gasteiger partial charge < -0.3 is 4.74 Å². The summed E-state index contributed by atoms with van der Waals surface area (Å²) in [4.78, 5) is 0. The van der Waals surface area contributed by atoms with E-state index in [4.69, 9.17) is 4.74 Å². The molecule has 3 rings (SSSR count). The normalized spacial score (nSPS) is 21.2. The van der Waals surface area contributed by atoms with E-state index < -0.39 is 0 Å². The van der Waals surface area contributed by atoms with E-state index in [0.717, 1.165) is 13.0 Å². The Hall–Kier alpha value is -1.60. The first-order valence-corrected chi connectivity index (χ1v) is 7.45. The average Bonchev–Trinajstić information content (AvgIpc) is 2.96. The Morgan fingerprint density at radius 3 is 1.80 bits per heavy atom. The van der Waals surface area contributed by atoms with Crippen molar-refractivity contribution in [3.05, 3.63) is 71.8 Å². The van der Waals surface area contributed by atoms with E-state index in [2.05, 4.69) is 74.5 Å². The van der Waals surface area contributed by atoms with Crippen molar-refractivity contribution in [1.29, 1.82) is 0 Å². The molecule has 2 aromatic carbocycles. The molecule has 2 aromatic rings. The lowest BCUT2D eigenvalue weighted by atomic mass is 9.72. The maximum absolute atomic E-state index is 6.14. The molecule has 1 aliphatic heterocycles. The smallest absolute Gasteiger partial charge is 0.0611 e. The topological polar surface area (TPSA) is 9.23 Å². The zero-order chi connectivity index (χ0) is 14.0. The minimum atomic E-state index is 0.0114. The van der Waals surface area contributed by atoms with Crippen molar-refractivity contribution < 1.29 is 4.74 Å². The van der Waals surface area contributed by atoms with Gasteiger partial charge in [0.25, 0.3) is 0 Å². The van der Waals surface area contributed by atoms with Gasteiger partial charge in [-0.2, -0.15) is 0 Å². The zero-order valence-electron chi connectivity index (χ0n) is 12.3. The van der Waals surface area contributed by atoms with Crippen LogP contribution >= 0.6 is 0 Å². The average molecular weight is 266 g/mol. The molecule has 1 aliphatic rings. The standard InChI is InChI=1S/C19H22O/c1-15(2)18-13-19(14-20-18,16-9-5-3-6-10-16)17-11-7-4-8-12-17/h3-12,15,18H,13-14H2,1-2H3. The summed E-state index contributed by atoms with van der Waals surface area (Å²) in [6.45, 7) is 5.28. The van der Waals surface area contributed by atoms with Crippen molar-refractivity contribution >= 4 is 0 Å². The highest BCUT2D eigenvalue weighted by atomic mass is 16.5. The number of rotatable bonds is 3. The summed E-state index contributed by atoms with van der Waals surface area (Å²) in [5.74, 6) is 0.560. The van der Waals surface area contributed by atoms with E-state index >= 15 is 0 Å². The predicted molar refractivity (Wildman–Crippen MR) is 82.9 cm³/mol. The summed E-state index contributed by atoms with van der Waals surface area (Å²) in [7, 11) is 0. The van der Waals surface area contributed by atoms with E-state index in [1.807, 2.05) is 0 Å². The van der Waals surface area contributed by atoms with Crippen LogP contribution in [0.2, 0.25) is 0 Å². The minimum Gasteiger partial charge on any atom is -0.377 e. The molecule has 0 N–H and O–H groups in total. The second-order valence-electron chi connectivity index (χ2n) is 6.11. The van der Waals surface area contributed by atoms with Crippen LogP contribution in [0.1, 0.15) is 31.4 Å². The lowest BCUT2D eigenvalue weighted by Gasteiger charge is -2.29. The molecule has 0 radical (unpaired) electrons. The Morgan fingerprint density at radius 1 is 0.900 bits per heavy atom. The van der Waals surface area contributed by atoms with E-state index in [1.54, 1.807) is 0 Å². The van der Waals surface area contributed by atoms with Gasteiger partial charge in [0.1, 0.15) is 0 Å². The summed E-state index contributed by atoms with van der Waals surface area (Å²) >= 11 is 0. The van der Waals surface area contributed by atoms with Gasteiger partial charge in [0.05, 0.1) is 12.7 Å². The van der Waals surface area contributed by atoms with Crippen LogP contribution in [0.3, 0.4) is 0 Å². The molecule has 0 saturated carbocycles. The summed E-state index contributed by atoms with van der Waals surface area (Å²) in [6.07, 6.45) is 1.41. The van der Waals surface area contributed by atoms with Gasteiger partial charge in [-0.3, -0.25) is 0 Å². The molecule has 1 nitrogen and oxygen atoms in total. The van der Waals surface area contributed by atoms with Gasteiger partial charge in [0, 0.05) is 5.41 Å². The Bertz CT molecular complexity index is 505. The molecule has 1 atom stereocenters. The van der Waals surface area contributed by atoms with Crippen LogP contribution in [0.4, 0.5) is 0 Å². The molecule has 104 valence electrons. The fourth-order valence-corrected chi connectivity index (χ4v) is 3.22. The monoisotopic (exact) mass is 266 g/mol. The zero-order valence-corrected chi connectivity index (χ0v) is 12.3. The van der Waals surface area contributed by atoms with Crippen molar-refractivity contribution in [2.45, 2.75) is 31.8 Å². The second-order valence-corrected chi connectivity index (χ2v) is 6.11. The first-order valence-electron chi connectivity index (χ1n) is 7.45. The highest BCUT2D eigenvalue weighted by molar-refractivity contribution is 5.40. The third kappa shape index (κ3) is 2.27. The Balaban J connectivity index is 2.06. The molecule has 0 aliphatic carbocycles. The van der Waals surface area contributed by atoms with Crippen LogP contribution in [-0.2, 0) is 10.2 Å². The molecular formula is C19H22O. The molecular weight excluding hydrogens is 244 g/mol. The minimum absolute atomic E-state index is 0.0114. The van der Waals surface area contributed by atoms with Gasteiger partial charge in [-0.25, -0.2) is 0 Å². The molecule has 1 saturated heterocycles. The van der Waals surface area contributed by atoms with Crippen molar-refractivity contribution in [2.24, 2.45) is 5.92 Å². The van der Waals surface area contributed by atoms with Gasteiger partial charge >= 0.3 is 0 Å². The molecule has 0 amide bonds. The van der Waals surface area contributed by atoms with Gasteiger partial charge in [-0.05, 0) is 23.5 Å².